The van der Waals surface area contributed by atoms with E-state index >= 15 is 0 Å². The van der Waals surface area contributed by atoms with E-state index in [1.54, 1.807) is 36.5 Å². The molecule has 3 aromatic carbocycles. The number of carbonyl (C=O) groups is 1. The van der Waals surface area contributed by atoms with Gasteiger partial charge in [0.2, 0.25) is 5.91 Å². The van der Waals surface area contributed by atoms with Crippen LogP contribution in [0.2, 0.25) is 0 Å². The summed E-state index contributed by atoms with van der Waals surface area (Å²) >= 11 is 0. The second-order valence-electron chi connectivity index (χ2n) is 7.12. The Kier molecular flexibility index (Phi) is 5.32. The van der Waals surface area contributed by atoms with Gasteiger partial charge >= 0.3 is 0 Å². The number of benzene rings is 3. The van der Waals surface area contributed by atoms with E-state index in [1.165, 1.54) is 13.2 Å². The molecule has 1 aromatic heterocycles. The van der Waals surface area contributed by atoms with E-state index in [0.717, 1.165) is 22.0 Å². The Morgan fingerprint density at radius 2 is 1.90 bits per heavy atom. The van der Waals surface area contributed by atoms with Gasteiger partial charge in [0, 0.05) is 28.7 Å². The van der Waals surface area contributed by atoms with Crippen LogP contribution in [0.25, 0.3) is 10.9 Å². The van der Waals surface area contributed by atoms with Crippen molar-refractivity contribution >= 4 is 28.7 Å². The van der Waals surface area contributed by atoms with Crippen molar-refractivity contribution in [1.82, 2.24) is 4.98 Å². The number of aliphatic imine (C=N–C) groups is 1. The minimum Gasteiger partial charge on any atom is -0.504 e. The molecule has 0 spiro atoms. The number of hydrogen-bond donors (Lipinski definition) is 4. The Morgan fingerprint density at radius 1 is 1.10 bits per heavy atom. The van der Waals surface area contributed by atoms with Crippen LogP contribution >= 0.6 is 0 Å². The van der Waals surface area contributed by atoms with E-state index in [1.807, 2.05) is 24.3 Å². The highest BCUT2D eigenvalue weighted by atomic mass is 16.5. The number of rotatable bonds is 6. The molecule has 1 amide bonds. The molecular weight excluding hydrogens is 394 g/mol. The largest absolute Gasteiger partial charge is 0.504 e. The highest BCUT2D eigenvalue weighted by molar-refractivity contribution is 6.03. The van der Waals surface area contributed by atoms with Crippen molar-refractivity contribution in [3.63, 3.8) is 0 Å². The average Bonchev–Trinajstić information content (AvgIpc) is 3.07. The number of ether oxygens (including phenoxy) is 1. The summed E-state index contributed by atoms with van der Waals surface area (Å²) in [7, 11) is 1.48. The van der Waals surface area contributed by atoms with Gasteiger partial charge in [-0.25, -0.2) is 0 Å². The summed E-state index contributed by atoms with van der Waals surface area (Å²) in [5.74, 6) is -0.111. The fraction of sp³-hybridized carbons (Fsp3) is 0.0833. The Morgan fingerprint density at radius 3 is 2.65 bits per heavy atom. The SMILES string of the molecule is COc1ccc(N=Cc2c(O)[nH]c3ccc(Cc4cccc(C(N)=O)c4)cc23)cc1O. The van der Waals surface area contributed by atoms with E-state index < -0.39 is 5.91 Å². The first-order chi connectivity index (χ1) is 14.9. The first-order valence-corrected chi connectivity index (χ1v) is 9.58. The number of methoxy groups -OCH3 is 1. The number of phenols is 1. The van der Waals surface area contributed by atoms with E-state index in [-0.39, 0.29) is 11.6 Å². The van der Waals surface area contributed by atoms with Gasteiger partial charge in [0.25, 0.3) is 0 Å². The lowest BCUT2D eigenvalue weighted by atomic mass is 10.0. The number of nitrogens with zero attached hydrogens (tertiary/aromatic N) is 1. The highest BCUT2D eigenvalue weighted by Crippen LogP contribution is 2.31. The van der Waals surface area contributed by atoms with Crippen molar-refractivity contribution in [2.24, 2.45) is 10.7 Å². The minimum atomic E-state index is -0.462. The summed E-state index contributed by atoms with van der Waals surface area (Å²) in [6, 6.07) is 17.8. The molecule has 0 unspecified atom stereocenters. The van der Waals surface area contributed by atoms with Gasteiger partial charge < -0.3 is 25.7 Å². The zero-order chi connectivity index (χ0) is 22.0. The monoisotopic (exact) mass is 415 g/mol. The topological polar surface area (TPSA) is 121 Å². The zero-order valence-corrected chi connectivity index (χ0v) is 16.8. The number of H-pyrrole nitrogens is 1. The van der Waals surface area contributed by atoms with Crippen LogP contribution in [0, 0.1) is 0 Å². The molecule has 7 nitrogen and oxygen atoms in total. The lowest BCUT2D eigenvalue weighted by Crippen LogP contribution is -2.11. The number of aromatic hydroxyl groups is 2. The van der Waals surface area contributed by atoms with Crippen LogP contribution in [0.15, 0.2) is 65.7 Å². The zero-order valence-electron chi connectivity index (χ0n) is 16.8. The third-order valence-corrected chi connectivity index (χ3v) is 5.01. The summed E-state index contributed by atoms with van der Waals surface area (Å²) in [6.45, 7) is 0. The predicted octanol–water partition coefficient (Wildman–Crippen LogP) is 4.03. The number of aromatic amines is 1. The quantitative estimate of drug-likeness (QED) is 0.355. The molecule has 5 N–H and O–H groups in total. The second-order valence-corrected chi connectivity index (χ2v) is 7.12. The van der Waals surface area contributed by atoms with Crippen LogP contribution in [0.4, 0.5) is 5.69 Å². The van der Waals surface area contributed by atoms with Crippen molar-refractivity contribution in [2.45, 2.75) is 6.42 Å². The molecule has 0 fully saturated rings. The molecule has 0 atom stereocenters. The summed E-state index contributed by atoms with van der Waals surface area (Å²) in [5.41, 5.74) is 9.63. The van der Waals surface area contributed by atoms with Crippen molar-refractivity contribution in [3.8, 4) is 17.4 Å². The summed E-state index contributed by atoms with van der Waals surface area (Å²) in [6.07, 6.45) is 2.15. The lowest BCUT2D eigenvalue weighted by molar-refractivity contribution is 0.1000. The molecule has 0 saturated heterocycles. The van der Waals surface area contributed by atoms with Crippen LogP contribution < -0.4 is 10.5 Å². The fourth-order valence-corrected chi connectivity index (χ4v) is 3.45. The maximum atomic E-state index is 11.4. The van der Waals surface area contributed by atoms with Gasteiger partial charge in [0.05, 0.1) is 18.4 Å². The number of primary amides is 1. The molecule has 0 bridgehead atoms. The van der Waals surface area contributed by atoms with Gasteiger partial charge in [0.15, 0.2) is 17.4 Å². The van der Waals surface area contributed by atoms with Gasteiger partial charge in [0.1, 0.15) is 0 Å². The van der Waals surface area contributed by atoms with E-state index in [0.29, 0.717) is 29.0 Å². The Balaban J connectivity index is 1.65. The molecule has 0 aliphatic carbocycles. The molecule has 0 saturated carbocycles. The Labute approximate surface area is 178 Å². The minimum absolute atomic E-state index is 0.00404. The number of nitrogens with two attached hydrogens (primary N) is 1. The molecule has 4 rings (SSSR count). The van der Waals surface area contributed by atoms with Crippen LogP contribution in [0.5, 0.6) is 17.4 Å². The summed E-state index contributed by atoms with van der Waals surface area (Å²) in [5, 5.41) is 21.1. The number of carbonyl (C=O) groups excluding carboxylic acids is 1. The van der Waals surface area contributed by atoms with Crippen molar-refractivity contribution in [3.05, 3.63) is 82.9 Å². The predicted molar refractivity (Wildman–Crippen MR) is 120 cm³/mol. The number of amides is 1. The first-order valence-electron chi connectivity index (χ1n) is 9.58. The number of fused-ring (bicyclic) bond motifs is 1. The van der Waals surface area contributed by atoms with Gasteiger partial charge in [-0.1, -0.05) is 18.2 Å². The third kappa shape index (κ3) is 4.20. The fourth-order valence-electron chi connectivity index (χ4n) is 3.45. The Bertz CT molecular complexity index is 1310. The first kappa shape index (κ1) is 20.0. The van der Waals surface area contributed by atoms with Gasteiger partial charge in [-0.3, -0.25) is 9.79 Å². The van der Waals surface area contributed by atoms with Gasteiger partial charge in [-0.2, -0.15) is 0 Å². The number of phenolic OH excluding ortho intramolecular Hbond substituents is 1. The Hall–Kier alpha value is -4.26. The smallest absolute Gasteiger partial charge is 0.248 e. The van der Waals surface area contributed by atoms with Crippen LogP contribution in [0.1, 0.15) is 27.0 Å². The van der Waals surface area contributed by atoms with E-state index in [9.17, 15) is 15.0 Å². The van der Waals surface area contributed by atoms with E-state index in [4.69, 9.17) is 10.5 Å². The standard InChI is InChI=1S/C24H21N3O4/c1-31-22-8-6-17(12-21(22)28)26-13-19-18-11-15(5-7-20(18)27-24(19)30)9-14-3-2-4-16(10-14)23(25)29/h2-8,10-13,27-28,30H,9H2,1H3,(H2,25,29). The van der Waals surface area contributed by atoms with Gasteiger partial charge in [-0.05, 0) is 53.9 Å². The number of aromatic nitrogens is 1. The highest BCUT2D eigenvalue weighted by Gasteiger charge is 2.11. The van der Waals surface area contributed by atoms with Crippen molar-refractivity contribution in [2.75, 3.05) is 7.11 Å². The second kappa shape index (κ2) is 8.23. The maximum absolute atomic E-state index is 11.4. The van der Waals surface area contributed by atoms with Crippen molar-refractivity contribution in [1.29, 1.82) is 0 Å². The van der Waals surface area contributed by atoms with E-state index in [2.05, 4.69) is 9.98 Å². The normalized spacial score (nSPS) is 11.3. The molecule has 156 valence electrons. The molecule has 7 heteroatoms. The molecule has 0 aliphatic rings. The third-order valence-electron chi connectivity index (χ3n) is 5.01. The molecule has 31 heavy (non-hydrogen) atoms. The van der Waals surface area contributed by atoms with Crippen LogP contribution in [0.3, 0.4) is 0 Å². The molecule has 1 heterocycles. The van der Waals surface area contributed by atoms with Crippen LogP contribution in [-0.4, -0.2) is 34.4 Å². The lowest BCUT2D eigenvalue weighted by Gasteiger charge is -2.05. The van der Waals surface area contributed by atoms with Crippen molar-refractivity contribution < 1.29 is 19.7 Å². The maximum Gasteiger partial charge on any atom is 0.248 e. The molecule has 4 aromatic rings. The molecular formula is C24H21N3O4. The average molecular weight is 415 g/mol. The molecule has 0 aliphatic heterocycles. The van der Waals surface area contributed by atoms with Crippen LogP contribution in [-0.2, 0) is 6.42 Å². The number of hydrogen-bond acceptors (Lipinski definition) is 5. The number of nitrogens with one attached hydrogen (secondary N) is 1. The molecule has 0 radical (unpaired) electrons. The van der Waals surface area contributed by atoms with Gasteiger partial charge in [-0.15, -0.1) is 0 Å². The summed E-state index contributed by atoms with van der Waals surface area (Å²) in [4.78, 5) is 18.7. The summed E-state index contributed by atoms with van der Waals surface area (Å²) < 4.78 is 5.04.